The van der Waals surface area contributed by atoms with Crippen molar-refractivity contribution < 1.29 is 18.7 Å². The van der Waals surface area contributed by atoms with E-state index in [2.05, 4.69) is 5.32 Å². The standard InChI is InChI=1S/C20H19NO5/c1-11-7-14-16(22)10-19(26-17(14)8-12(11)2)20(23)21-15-6-5-13(24-3)9-18(15)25-4/h5-10H,1-4H3,(H,21,23). The molecule has 134 valence electrons. The van der Waals surface area contributed by atoms with Crippen LogP contribution in [0, 0.1) is 13.8 Å². The minimum Gasteiger partial charge on any atom is -0.497 e. The third kappa shape index (κ3) is 3.26. The molecule has 0 aliphatic rings. The zero-order valence-corrected chi connectivity index (χ0v) is 15.0. The number of carbonyl (C=O) groups is 1. The first-order chi connectivity index (χ1) is 12.4. The number of methoxy groups -OCH3 is 2. The average Bonchev–Trinajstić information content (AvgIpc) is 2.63. The molecule has 1 heterocycles. The molecular weight excluding hydrogens is 334 g/mol. The molecule has 0 saturated carbocycles. The van der Waals surface area contributed by atoms with Crippen molar-refractivity contribution in [3.05, 3.63) is 63.5 Å². The number of ether oxygens (including phenoxy) is 2. The summed E-state index contributed by atoms with van der Waals surface area (Å²) in [6.45, 7) is 3.84. The molecular formula is C20H19NO5. The molecule has 0 aliphatic heterocycles. The molecule has 0 saturated heterocycles. The van der Waals surface area contributed by atoms with Crippen LogP contribution in [0.2, 0.25) is 0 Å². The topological polar surface area (TPSA) is 77.8 Å². The van der Waals surface area contributed by atoms with Crippen molar-refractivity contribution in [2.75, 3.05) is 19.5 Å². The third-order valence-electron chi connectivity index (χ3n) is 4.22. The molecule has 0 radical (unpaired) electrons. The number of benzene rings is 2. The van der Waals surface area contributed by atoms with E-state index in [9.17, 15) is 9.59 Å². The van der Waals surface area contributed by atoms with E-state index < -0.39 is 5.91 Å². The van der Waals surface area contributed by atoms with Crippen LogP contribution in [0.5, 0.6) is 11.5 Å². The molecule has 3 aromatic rings. The molecule has 0 aliphatic carbocycles. The smallest absolute Gasteiger partial charge is 0.291 e. The van der Waals surface area contributed by atoms with E-state index in [0.29, 0.717) is 28.2 Å². The van der Waals surface area contributed by atoms with E-state index in [4.69, 9.17) is 13.9 Å². The van der Waals surface area contributed by atoms with Crippen LogP contribution in [-0.2, 0) is 0 Å². The molecule has 2 aromatic carbocycles. The van der Waals surface area contributed by atoms with Crippen molar-refractivity contribution in [3.63, 3.8) is 0 Å². The van der Waals surface area contributed by atoms with Gasteiger partial charge in [-0.2, -0.15) is 0 Å². The van der Waals surface area contributed by atoms with Gasteiger partial charge in [-0.15, -0.1) is 0 Å². The van der Waals surface area contributed by atoms with Gasteiger partial charge in [-0.05, 0) is 49.2 Å². The summed E-state index contributed by atoms with van der Waals surface area (Å²) in [6, 6.07) is 9.73. The first-order valence-corrected chi connectivity index (χ1v) is 8.01. The van der Waals surface area contributed by atoms with Crippen LogP contribution in [0.4, 0.5) is 5.69 Å². The maximum atomic E-state index is 12.6. The number of hydrogen-bond acceptors (Lipinski definition) is 5. The van der Waals surface area contributed by atoms with Gasteiger partial charge in [0, 0.05) is 12.1 Å². The molecule has 1 aromatic heterocycles. The number of carbonyl (C=O) groups excluding carboxylic acids is 1. The minimum atomic E-state index is -0.536. The Labute approximate surface area is 150 Å². The van der Waals surface area contributed by atoms with E-state index in [1.54, 1.807) is 37.4 Å². The van der Waals surface area contributed by atoms with Crippen molar-refractivity contribution in [1.82, 2.24) is 0 Å². The Hall–Kier alpha value is -3.28. The predicted octanol–water partition coefficient (Wildman–Crippen LogP) is 3.68. The van der Waals surface area contributed by atoms with Crippen LogP contribution >= 0.6 is 0 Å². The molecule has 6 nitrogen and oxygen atoms in total. The van der Waals surface area contributed by atoms with Crippen molar-refractivity contribution >= 4 is 22.6 Å². The Morgan fingerprint density at radius 2 is 1.73 bits per heavy atom. The maximum Gasteiger partial charge on any atom is 0.291 e. The summed E-state index contributed by atoms with van der Waals surface area (Å²) in [5, 5.41) is 3.15. The zero-order valence-electron chi connectivity index (χ0n) is 15.0. The molecule has 1 amide bonds. The van der Waals surface area contributed by atoms with Crippen molar-refractivity contribution in [3.8, 4) is 11.5 Å². The molecule has 0 bridgehead atoms. The fourth-order valence-corrected chi connectivity index (χ4v) is 2.61. The van der Waals surface area contributed by atoms with E-state index in [-0.39, 0.29) is 11.2 Å². The fourth-order valence-electron chi connectivity index (χ4n) is 2.61. The average molecular weight is 353 g/mol. The monoisotopic (exact) mass is 353 g/mol. The van der Waals surface area contributed by atoms with Crippen molar-refractivity contribution in [1.29, 1.82) is 0 Å². The molecule has 0 unspecified atom stereocenters. The first-order valence-electron chi connectivity index (χ1n) is 8.01. The molecule has 3 rings (SSSR count). The van der Waals surface area contributed by atoms with Crippen molar-refractivity contribution in [2.24, 2.45) is 0 Å². The minimum absolute atomic E-state index is 0.0661. The summed E-state index contributed by atoms with van der Waals surface area (Å²) in [6.07, 6.45) is 0. The highest BCUT2D eigenvalue weighted by Gasteiger charge is 2.15. The lowest BCUT2D eigenvalue weighted by Gasteiger charge is -2.11. The normalized spacial score (nSPS) is 10.6. The Morgan fingerprint density at radius 3 is 2.42 bits per heavy atom. The summed E-state index contributed by atoms with van der Waals surface area (Å²) in [5.74, 6) is 0.435. The Kier molecular flexibility index (Phi) is 4.67. The number of rotatable bonds is 4. The predicted molar refractivity (Wildman–Crippen MR) is 99.5 cm³/mol. The number of amides is 1. The van der Waals surface area contributed by atoms with Gasteiger partial charge in [-0.1, -0.05) is 0 Å². The number of aryl methyl sites for hydroxylation is 2. The Bertz CT molecular complexity index is 1050. The number of hydrogen-bond donors (Lipinski definition) is 1. The number of fused-ring (bicyclic) bond motifs is 1. The summed E-state index contributed by atoms with van der Waals surface area (Å²) in [5.41, 5.74) is 2.54. The highest BCUT2D eigenvalue weighted by molar-refractivity contribution is 6.03. The second-order valence-electron chi connectivity index (χ2n) is 5.93. The van der Waals surface area contributed by atoms with E-state index in [1.165, 1.54) is 13.2 Å². The molecule has 1 N–H and O–H groups in total. The second-order valence-corrected chi connectivity index (χ2v) is 5.93. The lowest BCUT2D eigenvalue weighted by Crippen LogP contribution is -2.15. The van der Waals surface area contributed by atoms with Crippen LogP contribution in [0.25, 0.3) is 11.0 Å². The van der Waals surface area contributed by atoms with Gasteiger partial charge in [0.25, 0.3) is 5.91 Å². The van der Waals surface area contributed by atoms with Gasteiger partial charge < -0.3 is 19.2 Å². The van der Waals surface area contributed by atoms with Crippen LogP contribution < -0.4 is 20.2 Å². The van der Waals surface area contributed by atoms with E-state index in [1.807, 2.05) is 13.8 Å². The first kappa shape index (κ1) is 17.5. The fraction of sp³-hybridized carbons (Fsp3) is 0.200. The highest BCUT2D eigenvalue weighted by atomic mass is 16.5. The largest absolute Gasteiger partial charge is 0.497 e. The quantitative estimate of drug-likeness (QED) is 0.774. The second kappa shape index (κ2) is 6.92. The molecule has 0 fully saturated rings. The summed E-state index contributed by atoms with van der Waals surface area (Å²) >= 11 is 0. The van der Waals surface area contributed by atoms with Crippen molar-refractivity contribution in [2.45, 2.75) is 13.8 Å². The number of nitrogens with one attached hydrogen (secondary N) is 1. The van der Waals surface area contributed by atoms with Crippen LogP contribution in [0.15, 0.2) is 45.6 Å². The van der Waals surface area contributed by atoms with Gasteiger partial charge >= 0.3 is 0 Å². The van der Waals surface area contributed by atoms with Gasteiger partial charge in [-0.25, -0.2) is 0 Å². The molecule has 6 heteroatoms. The summed E-state index contributed by atoms with van der Waals surface area (Å²) in [4.78, 5) is 24.9. The summed E-state index contributed by atoms with van der Waals surface area (Å²) < 4.78 is 16.0. The van der Waals surface area contributed by atoms with Crippen LogP contribution in [-0.4, -0.2) is 20.1 Å². The van der Waals surface area contributed by atoms with E-state index in [0.717, 1.165) is 11.1 Å². The lowest BCUT2D eigenvalue weighted by atomic mass is 10.1. The molecule has 26 heavy (non-hydrogen) atoms. The van der Waals surface area contributed by atoms with Gasteiger partial charge in [-0.3, -0.25) is 9.59 Å². The molecule has 0 atom stereocenters. The Morgan fingerprint density at radius 1 is 1.00 bits per heavy atom. The van der Waals surface area contributed by atoms with Gasteiger partial charge in [0.2, 0.25) is 0 Å². The zero-order chi connectivity index (χ0) is 18.8. The van der Waals surface area contributed by atoms with E-state index >= 15 is 0 Å². The number of anilines is 1. The Balaban J connectivity index is 1.98. The summed E-state index contributed by atoms with van der Waals surface area (Å²) in [7, 11) is 3.03. The molecule has 0 spiro atoms. The SMILES string of the molecule is COc1ccc(NC(=O)c2cc(=O)c3cc(C)c(C)cc3o2)c(OC)c1. The van der Waals surface area contributed by atoms with Gasteiger partial charge in [0.15, 0.2) is 11.2 Å². The maximum absolute atomic E-state index is 12.6. The van der Waals surface area contributed by atoms with Crippen LogP contribution in [0.1, 0.15) is 21.7 Å². The van der Waals surface area contributed by atoms with Crippen LogP contribution in [0.3, 0.4) is 0 Å². The lowest BCUT2D eigenvalue weighted by molar-refractivity contribution is 0.0996. The highest BCUT2D eigenvalue weighted by Crippen LogP contribution is 2.29. The van der Waals surface area contributed by atoms with Gasteiger partial charge in [0.05, 0.1) is 25.3 Å². The van der Waals surface area contributed by atoms with Gasteiger partial charge in [0.1, 0.15) is 17.1 Å². The third-order valence-corrected chi connectivity index (χ3v) is 4.22.